The van der Waals surface area contributed by atoms with Gasteiger partial charge >= 0.3 is 0 Å². The van der Waals surface area contributed by atoms with E-state index in [0.29, 0.717) is 42.7 Å². The molecule has 2 aromatic rings. The van der Waals surface area contributed by atoms with Crippen LogP contribution in [0, 0.1) is 5.92 Å². The second-order valence-electron chi connectivity index (χ2n) is 6.34. The van der Waals surface area contributed by atoms with E-state index in [2.05, 4.69) is 20.6 Å². The molecule has 0 bridgehead atoms. The number of carbonyl (C=O) groups is 2. The number of hydrogen-bond acceptors (Lipinski definition) is 7. The van der Waals surface area contributed by atoms with E-state index in [1.54, 1.807) is 16.5 Å². The lowest BCUT2D eigenvalue weighted by Crippen LogP contribution is -2.40. The molecule has 2 N–H and O–H groups in total. The van der Waals surface area contributed by atoms with Gasteiger partial charge in [0.1, 0.15) is 0 Å². The number of hydrogen-bond donors (Lipinski definition) is 2. The number of rotatable bonds is 5. The Labute approximate surface area is 154 Å². The predicted molar refractivity (Wildman–Crippen MR) is 97.3 cm³/mol. The summed E-state index contributed by atoms with van der Waals surface area (Å²) in [5.41, 5.74) is 3.58. The Balaban J connectivity index is 1.52. The minimum atomic E-state index is -0.196. The Hall–Kier alpha value is -2.52. The number of anilines is 2. The molecule has 1 saturated heterocycles. The van der Waals surface area contributed by atoms with Crippen molar-refractivity contribution in [2.24, 2.45) is 5.92 Å². The average molecular weight is 373 g/mol. The number of amides is 2. The lowest BCUT2D eigenvalue weighted by Gasteiger charge is -2.29. The largest absolute Gasteiger partial charge is 0.381 e. The van der Waals surface area contributed by atoms with Gasteiger partial charge < -0.3 is 20.3 Å². The van der Waals surface area contributed by atoms with Crippen LogP contribution in [-0.4, -0.2) is 48.1 Å². The minimum absolute atomic E-state index is 0.0760. The van der Waals surface area contributed by atoms with E-state index in [4.69, 9.17) is 4.74 Å². The zero-order valence-electron chi connectivity index (χ0n) is 14.1. The van der Waals surface area contributed by atoms with Crippen LogP contribution in [0.25, 0.3) is 0 Å². The molecule has 0 aliphatic carbocycles. The van der Waals surface area contributed by atoms with Crippen molar-refractivity contribution in [3.05, 3.63) is 34.4 Å². The Bertz CT molecular complexity index is 805. The van der Waals surface area contributed by atoms with Crippen molar-refractivity contribution in [2.75, 3.05) is 36.5 Å². The number of fused-ring (bicyclic) bond motifs is 1. The Morgan fingerprint density at radius 1 is 1.46 bits per heavy atom. The van der Waals surface area contributed by atoms with Crippen LogP contribution < -0.4 is 15.5 Å². The summed E-state index contributed by atoms with van der Waals surface area (Å²) in [4.78, 5) is 35.0. The second-order valence-corrected chi connectivity index (χ2v) is 7.06. The highest BCUT2D eigenvalue weighted by molar-refractivity contribution is 7.07. The number of thiazole rings is 1. The molecule has 0 radical (unpaired) electrons. The van der Waals surface area contributed by atoms with Gasteiger partial charge in [0.15, 0.2) is 5.82 Å². The van der Waals surface area contributed by atoms with Crippen molar-refractivity contribution in [3.8, 4) is 0 Å². The van der Waals surface area contributed by atoms with Crippen LogP contribution in [-0.2, 0) is 16.1 Å². The molecule has 4 rings (SSSR count). The molecule has 1 unspecified atom stereocenters. The van der Waals surface area contributed by atoms with E-state index < -0.39 is 0 Å². The lowest BCUT2D eigenvalue weighted by atomic mass is 10.1. The number of ether oxygens (including phenoxy) is 1. The van der Waals surface area contributed by atoms with Crippen molar-refractivity contribution in [1.29, 1.82) is 0 Å². The molecule has 1 atom stereocenters. The molecule has 4 heterocycles. The van der Waals surface area contributed by atoms with Gasteiger partial charge in [-0.25, -0.2) is 9.97 Å². The zero-order chi connectivity index (χ0) is 17.9. The fourth-order valence-corrected chi connectivity index (χ4v) is 3.59. The number of carbonyl (C=O) groups excluding carboxylic acids is 2. The Kier molecular flexibility index (Phi) is 4.81. The molecule has 2 aliphatic heterocycles. The molecule has 136 valence electrons. The summed E-state index contributed by atoms with van der Waals surface area (Å²) in [7, 11) is 0. The molecule has 9 heteroatoms. The number of pyridine rings is 1. The molecule has 2 aliphatic rings. The fraction of sp³-hybridized carbons (Fsp3) is 0.412. The van der Waals surface area contributed by atoms with E-state index >= 15 is 0 Å². The van der Waals surface area contributed by atoms with Crippen molar-refractivity contribution in [2.45, 2.75) is 13.0 Å². The van der Waals surface area contributed by atoms with Crippen LogP contribution >= 0.6 is 11.3 Å². The first-order valence-corrected chi connectivity index (χ1v) is 9.42. The molecule has 2 amide bonds. The quantitative estimate of drug-likeness (QED) is 0.819. The van der Waals surface area contributed by atoms with Crippen LogP contribution in [0.3, 0.4) is 0 Å². The van der Waals surface area contributed by atoms with E-state index in [1.807, 2.05) is 5.38 Å². The van der Waals surface area contributed by atoms with Crippen LogP contribution in [0.2, 0.25) is 0 Å². The van der Waals surface area contributed by atoms with Gasteiger partial charge in [-0.2, -0.15) is 0 Å². The average Bonchev–Trinajstić information content (AvgIpc) is 3.35. The van der Waals surface area contributed by atoms with Gasteiger partial charge in [0.2, 0.25) is 5.91 Å². The van der Waals surface area contributed by atoms with E-state index in [-0.39, 0.29) is 18.4 Å². The first-order chi connectivity index (χ1) is 12.7. The predicted octanol–water partition coefficient (Wildman–Crippen LogP) is 1.26. The summed E-state index contributed by atoms with van der Waals surface area (Å²) >= 11 is 1.48. The highest BCUT2D eigenvalue weighted by Crippen LogP contribution is 2.29. The minimum Gasteiger partial charge on any atom is -0.381 e. The van der Waals surface area contributed by atoms with Crippen LogP contribution in [0.15, 0.2) is 23.2 Å². The van der Waals surface area contributed by atoms with Gasteiger partial charge in [-0.3, -0.25) is 9.59 Å². The van der Waals surface area contributed by atoms with Crippen LogP contribution in [0.5, 0.6) is 0 Å². The van der Waals surface area contributed by atoms with Crippen molar-refractivity contribution < 1.29 is 14.3 Å². The van der Waals surface area contributed by atoms with Gasteiger partial charge in [0.05, 0.1) is 42.2 Å². The number of nitrogens with one attached hydrogen (secondary N) is 2. The summed E-state index contributed by atoms with van der Waals surface area (Å²) in [6.45, 7) is 2.55. The highest BCUT2D eigenvalue weighted by atomic mass is 32.1. The fourth-order valence-electron chi connectivity index (χ4n) is 3.04. The van der Waals surface area contributed by atoms with E-state index in [1.165, 1.54) is 17.5 Å². The lowest BCUT2D eigenvalue weighted by molar-refractivity contribution is -0.117. The van der Waals surface area contributed by atoms with Crippen LogP contribution in [0.1, 0.15) is 22.5 Å². The molecular formula is C17H19N5O3S. The third kappa shape index (κ3) is 3.54. The summed E-state index contributed by atoms with van der Waals surface area (Å²) in [6.07, 6.45) is 2.49. The zero-order valence-corrected chi connectivity index (χ0v) is 14.9. The summed E-state index contributed by atoms with van der Waals surface area (Å²) < 4.78 is 5.32. The smallest absolute Gasteiger partial charge is 0.252 e. The Morgan fingerprint density at radius 2 is 2.38 bits per heavy atom. The van der Waals surface area contributed by atoms with E-state index in [9.17, 15) is 9.59 Å². The molecule has 0 aromatic carbocycles. The molecule has 1 fully saturated rings. The summed E-state index contributed by atoms with van der Waals surface area (Å²) in [5.74, 6) is 0.682. The van der Waals surface area contributed by atoms with Crippen LogP contribution in [0.4, 0.5) is 11.5 Å². The standard InChI is InChI=1S/C17H19N5O3S/c23-15-6-19-16-14(22(15)7-13-9-26-10-21-13)3-12(5-18-16)17(24)20-4-11-1-2-25-8-11/h3,5,9-11H,1-2,4,6-8H2,(H,18,19)(H,20,24). The molecule has 2 aromatic heterocycles. The third-order valence-corrected chi connectivity index (χ3v) is 5.14. The molecule has 8 nitrogen and oxygen atoms in total. The van der Waals surface area contributed by atoms with Gasteiger partial charge in [-0.1, -0.05) is 0 Å². The monoisotopic (exact) mass is 373 g/mol. The summed E-state index contributed by atoms with van der Waals surface area (Å²) in [6, 6.07) is 1.71. The maximum absolute atomic E-state index is 12.5. The third-order valence-electron chi connectivity index (χ3n) is 4.51. The van der Waals surface area contributed by atoms with Gasteiger partial charge in [0.25, 0.3) is 5.91 Å². The maximum Gasteiger partial charge on any atom is 0.252 e. The van der Waals surface area contributed by atoms with Gasteiger partial charge in [-0.05, 0) is 12.5 Å². The normalized spacial score (nSPS) is 19.2. The molecule has 0 spiro atoms. The summed E-state index contributed by atoms with van der Waals surface area (Å²) in [5, 5.41) is 7.83. The van der Waals surface area contributed by atoms with Crippen molar-refractivity contribution in [1.82, 2.24) is 15.3 Å². The molecule has 26 heavy (non-hydrogen) atoms. The first-order valence-electron chi connectivity index (χ1n) is 8.48. The van der Waals surface area contributed by atoms with Crippen molar-refractivity contribution >= 4 is 34.7 Å². The second kappa shape index (κ2) is 7.38. The Morgan fingerprint density at radius 3 is 3.15 bits per heavy atom. The number of nitrogens with zero attached hydrogens (tertiary/aromatic N) is 3. The SMILES string of the molecule is O=C(NCC1CCOC1)c1cnc2c(c1)N(Cc1cscn1)C(=O)CN2. The number of aromatic nitrogens is 2. The van der Waals surface area contributed by atoms with E-state index in [0.717, 1.165) is 18.7 Å². The highest BCUT2D eigenvalue weighted by Gasteiger charge is 2.27. The first kappa shape index (κ1) is 16.9. The topological polar surface area (TPSA) is 96.4 Å². The molecular weight excluding hydrogens is 354 g/mol. The van der Waals surface area contributed by atoms with Gasteiger partial charge in [0, 0.05) is 30.6 Å². The maximum atomic E-state index is 12.5. The van der Waals surface area contributed by atoms with Crippen molar-refractivity contribution in [3.63, 3.8) is 0 Å². The molecule has 0 saturated carbocycles. The van der Waals surface area contributed by atoms with Gasteiger partial charge in [-0.15, -0.1) is 11.3 Å².